The SMILES string of the molecule is CCCCCCCCCCCCCCCCCCCCCCCC(=O)N[C@@H](CO[C@H]1O[C@H](CO)[C@H](O)[C@H](O)[C@H]1O)[C@H](O)[C@H](O)CCCCCCC. The van der Waals surface area contributed by atoms with Crippen LogP contribution in [0, 0.1) is 0 Å². The molecule has 8 atom stereocenters. The van der Waals surface area contributed by atoms with Gasteiger partial charge in [-0.3, -0.25) is 4.79 Å². The number of nitrogens with one attached hydrogen (secondary N) is 1. The Morgan fingerprint density at radius 3 is 1.45 bits per heavy atom. The highest BCUT2D eigenvalue weighted by Crippen LogP contribution is 2.23. The highest BCUT2D eigenvalue weighted by molar-refractivity contribution is 5.76. The van der Waals surface area contributed by atoms with Gasteiger partial charge in [0, 0.05) is 6.42 Å². The molecule has 0 aromatic heterocycles. The van der Waals surface area contributed by atoms with Gasteiger partial charge in [-0.05, 0) is 12.8 Å². The molecule has 1 aliphatic heterocycles. The lowest BCUT2D eigenvalue weighted by Gasteiger charge is -2.40. The van der Waals surface area contributed by atoms with Crippen molar-refractivity contribution in [3.05, 3.63) is 0 Å². The average Bonchev–Trinajstić information content (AvgIpc) is 3.13. The zero-order valence-corrected chi connectivity index (χ0v) is 32.7. The lowest BCUT2D eigenvalue weighted by Crippen LogP contribution is -2.60. The van der Waals surface area contributed by atoms with E-state index >= 15 is 0 Å². The molecule has 0 aliphatic carbocycles. The molecule has 0 bridgehead atoms. The number of carbonyl (C=O) groups excluding carboxylic acids is 1. The van der Waals surface area contributed by atoms with Crippen molar-refractivity contribution in [2.45, 2.75) is 243 Å². The van der Waals surface area contributed by atoms with Crippen LogP contribution in [0.5, 0.6) is 0 Å². The lowest BCUT2D eigenvalue weighted by atomic mass is 9.98. The molecule has 1 fully saturated rings. The number of hydrogen-bond donors (Lipinski definition) is 7. The second-order valence-electron chi connectivity index (χ2n) is 15.3. The molecule has 1 heterocycles. The smallest absolute Gasteiger partial charge is 0.220 e. The van der Waals surface area contributed by atoms with E-state index in [1.807, 2.05) is 0 Å². The Bertz CT molecular complexity index is 788. The number of unbranched alkanes of at least 4 members (excludes halogenated alkanes) is 24. The summed E-state index contributed by atoms with van der Waals surface area (Å²) in [5.41, 5.74) is 0. The van der Waals surface area contributed by atoms with Gasteiger partial charge in [0.15, 0.2) is 6.29 Å². The van der Waals surface area contributed by atoms with E-state index in [9.17, 15) is 35.4 Å². The summed E-state index contributed by atoms with van der Waals surface area (Å²) in [6.45, 7) is 3.51. The van der Waals surface area contributed by atoms with Crippen LogP contribution in [-0.2, 0) is 14.3 Å². The van der Waals surface area contributed by atoms with Crippen LogP contribution in [0.15, 0.2) is 0 Å². The van der Waals surface area contributed by atoms with E-state index in [0.29, 0.717) is 6.42 Å². The maximum atomic E-state index is 12.9. The Labute approximate surface area is 311 Å². The third-order valence-corrected chi connectivity index (χ3v) is 10.6. The first-order chi connectivity index (χ1) is 24.8. The number of amides is 1. The third-order valence-electron chi connectivity index (χ3n) is 10.6. The van der Waals surface area contributed by atoms with Crippen LogP contribution < -0.4 is 5.32 Å². The van der Waals surface area contributed by atoms with Crippen LogP contribution in [0.1, 0.15) is 194 Å². The van der Waals surface area contributed by atoms with Crippen molar-refractivity contribution in [3.8, 4) is 0 Å². The summed E-state index contributed by atoms with van der Waals surface area (Å²) < 4.78 is 11.1. The fourth-order valence-corrected chi connectivity index (χ4v) is 7.02. The second-order valence-corrected chi connectivity index (χ2v) is 15.3. The van der Waals surface area contributed by atoms with Crippen LogP contribution in [-0.4, -0.2) is 98.7 Å². The van der Waals surface area contributed by atoms with Crippen molar-refractivity contribution < 1.29 is 44.9 Å². The topological polar surface area (TPSA) is 169 Å². The predicted octanol–water partition coefficient (Wildman–Crippen LogP) is 6.97. The minimum Gasteiger partial charge on any atom is -0.394 e. The fraction of sp³-hybridized carbons (Fsp3) is 0.976. The summed E-state index contributed by atoms with van der Waals surface area (Å²) >= 11 is 0. The van der Waals surface area contributed by atoms with E-state index < -0.39 is 55.6 Å². The quantitative estimate of drug-likeness (QED) is 0.0341. The molecule has 1 saturated heterocycles. The van der Waals surface area contributed by atoms with Crippen LogP contribution in [0.3, 0.4) is 0 Å². The van der Waals surface area contributed by atoms with Gasteiger partial charge in [-0.2, -0.15) is 0 Å². The van der Waals surface area contributed by atoms with Crippen LogP contribution >= 0.6 is 0 Å². The zero-order valence-electron chi connectivity index (χ0n) is 32.7. The maximum Gasteiger partial charge on any atom is 0.220 e. The highest BCUT2D eigenvalue weighted by atomic mass is 16.7. The number of aliphatic hydroxyl groups is 6. The minimum absolute atomic E-state index is 0.260. The van der Waals surface area contributed by atoms with Crippen molar-refractivity contribution >= 4 is 5.91 Å². The molecule has 304 valence electrons. The standard InChI is InChI=1S/C41H81NO9/c1-3-5-7-9-10-11-12-13-14-15-16-17-18-19-20-21-22-23-24-26-28-30-36(45)42-33(37(46)34(44)29-27-25-8-6-4-2)32-50-41-40(49)39(48)38(47)35(31-43)51-41/h33-35,37-41,43-44,46-49H,3-32H2,1-2H3,(H,42,45)/t33-,34+,35+,37-,38-,39-,40+,41-/m0/s1. The van der Waals surface area contributed by atoms with Crippen LogP contribution in [0.25, 0.3) is 0 Å². The normalized spacial score (nSPS) is 22.5. The average molecular weight is 732 g/mol. The molecule has 0 spiro atoms. The van der Waals surface area contributed by atoms with E-state index in [2.05, 4.69) is 19.2 Å². The zero-order chi connectivity index (χ0) is 37.5. The molecular formula is C41H81NO9. The Morgan fingerprint density at radius 2 is 1.02 bits per heavy atom. The highest BCUT2D eigenvalue weighted by Gasteiger charge is 2.44. The second kappa shape index (κ2) is 32.6. The molecule has 0 aromatic rings. The summed E-state index contributed by atoms with van der Waals surface area (Å²) in [7, 11) is 0. The molecule has 10 nitrogen and oxygen atoms in total. The van der Waals surface area contributed by atoms with E-state index in [-0.39, 0.29) is 18.9 Å². The summed E-state index contributed by atoms with van der Waals surface area (Å²) in [4.78, 5) is 12.9. The first kappa shape index (κ1) is 48.2. The molecule has 51 heavy (non-hydrogen) atoms. The monoisotopic (exact) mass is 732 g/mol. The van der Waals surface area contributed by atoms with Crippen molar-refractivity contribution in [1.29, 1.82) is 0 Å². The largest absolute Gasteiger partial charge is 0.394 e. The molecule has 1 amide bonds. The minimum atomic E-state index is -1.60. The van der Waals surface area contributed by atoms with Crippen LogP contribution in [0.2, 0.25) is 0 Å². The Hall–Kier alpha value is -0.850. The number of aliphatic hydroxyl groups excluding tert-OH is 6. The maximum absolute atomic E-state index is 12.9. The van der Waals surface area contributed by atoms with E-state index in [4.69, 9.17) is 9.47 Å². The summed E-state index contributed by atoms with van der Waals surface area (Å²) in [5, 5.41) is 64.5. The predicted molar refractivity (Wildman–Crippen MR) is 204 cm³/mol. The molecule has 0 radical (unpaired) electrons. The third kappa shape index (κ3) is 23.5. The Morgan fingerprint density at radius 1 is 0.608 bits per heavy atom. The van der Waals surface area contributed by atoms with Gasteiger partial charge >= 0.3 is 0 Å². The lowest BCUT2D eigenvalue weighted by molar-refractivity contribution is -0.303. The van der Waals surface area contributed by atoms with Gasteiger partial charge in [-0.25, -0.2) is 0 Å². The van der Waals surface area contributed by atoms with Gasteiger partial charge in [0.2, 0.25) is 5.91 Å². The van der Waals surface area contributed by atoms with Gasteiger partial charge in [0.1, 0.15) is 30.5 Å². The van der Waals surface area contributed by atoms with E-state index in [1.54, 1.807) is 0 Å². The van der Waals surface area contributed by atoms with Crippen LogP contribution in [0.4, 0.5) is 0 Å². The number of carbonyl (C=O) groups is 1. The first-order valence-electron chi connectivity index (χ1n) is 21.3. The van der Waals surface area contributed by atoms with Crippen molar-refractivity contribution in [2.24, 2.45) is 0 Å². The molecule has 10 heteroatoms. The molecule has 0 aromatic carbocycles. The summed E-state index contributed by atoms with van der Waals surface area (Å²) in [5.74, 6) is -0.260. The molecule has 0 saturated carbocycles. The molecule has 7 N–H and O–H groups in total. The number of hydrogen-bond acceptors (Lipinski definition) is 9. The summed E-state index contributed by atoms with van der Waals surface area (Å²) in [6, 6.07) is -0.981. The van der Waals surface area contributed by atoms with Crippen molar-refractivity contribution in [3.63, 3.8) is 0 Å². The number of rotatable bonds is 35. The van der Waals surface area contributed by atoms with Crippen molar-refractivity contribution in [1.82, 2.24) is 5.32 Å². The van der Waals surface area contributed by atoms with Crippen molar-refractivity contribution in [2.75, 3.05) is 13.2 Å². The first-order valence-corrected chi connectivity index (χ1v) is 21.3. The number of ether oxygens (including phenoxy) is 2. The molecule has 1 aliphatic rings. The molecule has 0 unspecified atom stereocenters. The van der Waals surface area contributed by atoms with Gasteiger partial charge in [0.05, 0.1) is 25.4 Å². The van der Waals surface area contributed by atoms with Gasteiger partial charge in [-0.15, -0.1) is 0 Å². The molecule has 1 rings (SSSR count). The molecular weight excluding hydrogens is 650 g/mol. The van der Waals surface area contributed by atoms with Gasteiger partial charge in [0.25, 0.3) is 0 Å². The van der Waals surface area contributed by atoms with Gasteiger partial charge < -0.3 is 45.4 Å². The Balaban J connectivity index is 2.25. The van der Waals surface area contributed by atoms with E-state index in [1.165, 1.54) is 116 Å². The van der Waals surface area contributed by atoms with Gasteiger partial charge in [-0.1, -0.05) is 174 Å². The fourth-order valence-electron chi connectivity index (χ4n) is 7.02. The summed E-state index contributed by atoms with van der Waals surface area (Å²) in [6.07, 6.45) is 23.2. The Kier molecular flexibility index (Phi) is 30.8. The van der Waals surface area contributed by atoms with E-state index in [0.717, 1.165) is 51.4 Å².